The van der Waals surface area contributed by atoms with Crippen LogP contribution in [0.15, 0.2) is 60.7 Å². The van der Waals surface area contributed by atoms with Crippen molar-refractivity contribution in [2.45, 2.75) is 68.7 Å². The van der Waals surface area contributed by atoms with E-state index >= 15 is 0 Å². The fourth-order valence-corrected chi connectivity index (χ4v) is 5.95. The number of nitrogens with one attached hydrogen (secondary N) is 1. The SMILES string of the molecule is CCC1(c2ccc3c(c2)OCO3)NC(=O)N(CCCCOc2ccc(C(O)(C(F)(F)F)C(F)(F)F)cc2CCc2ccc(C(F)(F)F)cc2)C1=O. The van der Waals surface area contributed by atoms with Crippen molar-refractivity contribution in [1.82, 2.24) is 10.2 Å². The molecule has 0 radical (unpaired) electrons. The van der Waals surface area contributed by atoms with Crippen LogP contribution in [-0.2, 0) is 35.0 Å². The number of halogens is 9. The van der Waals surface area contributed by atoms with Gasteiger partial charge >= 0.3 is 24.6 Å². The second kappa shape index (κ2) is 13.8. The first-order valence-electron chi connectivity index (χ1n) is 15.6. The van der Waals surface area contributed by atoms with Gasteiger partial charge in [-0.1, -0.05) is 31.2 Å². The van der Waals surface area contributed by atoms with Crippen molar-refractivity contribution >= 4 is 11.9 Å². The number of unbranched alkanes of at least 4 members (excludes halogenated alkanes) is 1. The maximum absolute atomic E-state index is 13.6. The van der Waals surface area contributed by atoms with E-state index in [0.29, 0.717) is 34.8 Å². The zero-order chi connectivity index (χ0) is 37.4. The molecule has 3 aromatic rings. The average molecular weight is 735 g/mol. The smallest absolute Gasteiger partial charge is 0.430 e. The molecule has 0 bridgehead atoms. The molecule has 1 atom stereocenters. The predicted molar refractivity (Wildman–Crippen MR) is 161 cm³/mol. The van der Waals surface area contributed by atoms with Gasteiger partial charge in [0.2, 0.25) is 6.79 Å². The standard InChI is InChI=1S/C34H31F9N2O6/c1-2-30(23-11-14-26-27(18-23)51-19-50-26)28(46)45(29(47)44-30)15-3-4-16-49-25-13-12-24(31(48,33(38,39)40)34(41,42)43)17-21(25)8-5-20-6-9-22(10-7-20)32(35,36)37/h6-7,9-14,17-18,48H,2-5,8,15-16,19H2,1H3,(H,44,47). The molecule has 0 aliphatic carbocycles. The molecule has 3 amide bonds. The van der Waals surface area contributed by atoms with E-state index in [-0.39, 0.29) is 63.4 Å². The fourth-order valence-electron chi connectivity index (χ4n) is 5.95. The average Bonchev–Trinajstić information content (AvgIpc) is 3.63. The van der Waals surface area contributed by atoms with E-state index in [1.165, 1.54) is 0 Å². The number of hydrogen-bond donors (Lipinski definition) is 2. The van der Waals surface area contributed by atoms with Crippen molar-refractivity contribution in [3.8, 4) is 17.2 Å². The maximum atomic E-state index is 13.6. The van der Waals surface area contributed by atoms with Crippen LogP contribution >= 0.6 is 0 Å². The zero-order valence-corrected chi connectivity index (χ0v) is 26.8. The number of carbonyl (C=O) groups excluding carboxylic acids is 2. The Morgan fingerprint density at radius 2 is 1.47 bits per heavy atom. The van der Waals surface area contributed by atoms with Crippen LogP contribution in [0.3, 0.4) is 0 Å². The van der Waals surface area contributed by atoms with Crippen LogP contribution in [0.1, 0.15) is 54.0 Å². The van der Waals surface area contributed by atoms with Crippen molar-refractivity contribution in [2.24, 2.45) is 0 Å². The van der Waals surface area contributed by atoms with E-state index in [1.54, 1.807) is 25.1 Å². The Bertz CT molecular complexity index is 1740. The molecular formula is C34H31F9N2O6. The highest BCUT2D eigenvalue weighted by molar-refractivity contribution is 6.07. The number of ether oxygens (including phenoxy) is 3. The zero-order valence-electron chi connectivity index (χ0n) is 26.8. The number of nitrogens with zero attached hydrogens (tertiary/aromatic N) is 1. The minimum absolute atomic E-state index is 0.0144. The summed E-state index contributed by atoms with van der Waals surface area (Å²) in [6, 6.07) is 9.89. The van der Waals surface area contributed by atoms with Gasteiger partial charge in [-0.05, 0) is 85.2 Å². The number of alkyl halides is 9. The second-order valence-corrected chi connectivity index (χ2v) is 12.0. The molecule has 2 aliphatic heterocycles. The predicted octanol–water partition coefficient (Wildman–Crippen LogP) is 7.55. The Hall–Kier alpha value is -4.67. The van der Waals surface area contributed by atoms with Gasteiger partial charge in [0.25, 0.3) is 11.5 Å². The van der Waals surface area contributed by atoms with Crippen LogP contribution in [0.25, 0.3) is 0 Å². The molecule has 0 aromatic heterocycles. The summed E-state index contributed by atoms with van der Waals surface area (Å²) in [4.78, 5) is 27.4. The number of carbonyl (C=O) groups is 2. The Morgan fingerprint density at radius 1 is 0.824 bits per heavy atom. The third kappa shape index (κ3) is 7.25. The summed E-state index contributed by atoms with van der Waals surface area (Å²) in [5, 5.41) is 12.7. The largest absolute Gasteiger partial charge is 0.493 e. The van der Waals surface area contributed by atoms with Crippen molar-refractivity contribution < 1.29 is 68.4 Å². The highest BCUT2D eigenvalue weighted by Crippen LogP contribution is 2.50. The summed E-state index contributed by atoms with van der Waals surface area (Å²) in [5.41, 5.74) is -8.40. The van der Waals surface area contributed by atoms with Crippen molar-refractivity contribution in [3.05, 3.63) is 88.5 Å². The molecular weight excluding hydrogens is 703 g/mol. The van der Waals surface area contributed by atoms with Crippen LogP contribution in [0.2, 0.25) is 0 Å². The topological polar surface area (TPSA) is 97.3 Å². The van der Waals surface area contributed by atoms with Gasteiger partial charge in [-0.2, -0.15) is 39.5 Å². The van der Waals surface area contributed by atoms with E-state index in [2.05, 4.69) is 5.32 Å². The van der Waals surface area contributed by atoms with E-state index in [1.807, 2.05) is 0 Å². The maximum Gasteiger partial charge on any atom is 0.430 e. The van der Waals surface area contributed by atoms with Crippen LogP contribution in [0.4, 0.5) is 44.3 Å². The van der Waals surface area contributed by atoms with Crippen LogP contribution in [-0.4, -0.2) is 54.2 Å². The third-order valence-electron chi connectivity index (χ3n) is 8.87. The molecule has 1 unspecified atom stereocenters. The molecule has 1 fully saturated rings. The lowest BCUT2D eigenvalue weighted by Crippen LogP contribution is -2.53. The van der Waals surface area contributed by atoms with Gasteiger partial charge in [0.15, 0.2) is 11.5 Å². The highest BCUT2D eigenvalue weighted by atomic mass is 19.4. The van der Waals surface area contributed by atoms with E-state index in [9.17, 15) is 54.2 Å². The molecule has 2 aliphatic rings. The molecule has 8 nitrogen and oxygen atoms in total. The Labute approximate surface area is 285 Å². The summed E-state index contributed by atoms with van der Waals surface area (Å²) >= 11 is 0. The molecule has 2 heterocycles. The number of imide groups is 1. The summed E-state index contributed by atoms with van der Waals surface area (Å²) in [6.07, 6.45) is -16.6. The van der Waals surface area contributed by atoms with Crippen molar-refractivity contribution in [1.29, 1.82) is 0 Å². The lowest BCUT2D eigenvalue weighted by Gasteiger charge is -2.33. The van der Waals surface area contributed by atoms with Gasteiger partial charge in [0.1, 0.15) is 11.3 Å². The Balaban J connectivity index is 1.28. The van der Waals surface area contributed by atoms with Gasteiger partial charge in [-0.3, -0.25) is 9.69 Å². The summed E-state index contributed by atoms with van der Waals surface area (Å²) in [6.45, 7) is 1.57. The molecule has 0 saturated carbocycles. The summed E-state index contributed by atoms with van der Waals surface area (Å²) in [5.74, 6) is 0.288. The number of aliphatic hydroxyl groups is 1. The van der Waals surface area contributed by atoms with Crippen LogP contribution < -0.4 is 19.5 Å². The second-order valence-electron chi connectivity index (χ2n) is 12.0. The van der Waals surface area contributed by atoms with Gasteiger partial charge < -0.3 is 24.6 Å². The molecule has 2 N–H and O–H groups in total. The van der Waals surface area contributed by atoms with Gasteiger partial charge in [-0.15, -0.1) is 0 Å². The first-order chi connectivity index (χ1) is 23.8. The van der Waals surface area contributed by atoms with Crippen LogP contribution in [0, 0.1) is 0 Å². The fraction of sp³-hybridized carbons (Fsp3) is 0.412. The Kier molecular flexibility index (Phi) is 10.2. The van der Waals surface area contributed by atoms with E-state index in [0.717, 1.165) is 35.2 Å². The number of aryl methyl sites for hydroxylation is 2. The first kappa shape index (κ1) is 37.6. The third-order valence-corrected chi connectivity index (χ3v) is 8.87. The quantitative estimate of drug-likeness (QED) is 0.113. The minimum atomic E-state index is -6.14. The molecule has 3 aromatic carbocycles. The molecule has 0 spiro atoms. The van der Waals surface area contributed by atoms with Crippen molar-refractivity contribution in [2.75, 3.05) is 19.9 Å². The minimum Gasteiger partial charge on any atom is -0.493 e. The van der Waals surface area contributed by atoms with Crippen molar-refractivity contribution in [3.63, 3.8) is 0 Å². The number of amides is 3. The van der Waals surface area contributed by atoms with Gasteiger partial charge in [0, 0.05) is 12.1 Å². The summed E-state index contributed by atoms with van der Waals surface area (Å²) in [7, 11) is 0. The normalized spacial score (nSPS) is 18.0. The summed E-state index contributed by atoms with van der Waals surface area (Å²) < 4.78 is 137. The molecule has 5 rings (SSSR count). The number of hydrogen-bond acceptors (Lipinski definition) is 6. The number of fused-ring (bicyclic) bond motifs is 1. The van der Waals surface area contributed by atoms with E-state index < -0.39 is 52.7 Å². The van der Waals surface area contributed by atoms with Gasteiger partial charge in [0.05, 0.1) is 12.2 Å². The van der Waals surface area contributed by atoms with Crippen LogP contribution in [0.5, 0.6) is 17.2 Å². The number of rotatable bonds is 12. The lowest BCUT2D eigenvalue weighted by molar-refractivity contribution is -0.376. The van der Waals surface area contributed by atoms with E-state index in [4.69, 9.17) is 14.2 Å². The first-order valence-corrected chi connectivity index (χ1v) is 15.6. The number of benzene rings is 3. The lowest BCUT2D eigenvalue weighted by atomic mass is 9.87. The molecule has 51 heavy (non-hydrogen) atoms. The number of urea groups is 1. The van der Waals surface area contributed by atoms with Gasteiger partial charge in [-0.25, -0.2) is 4.79 Å². The molecule has 276 valence electrons. The Morgan fingerprint density at radius 3 is 2.10 bits per heavy atom. The molecule has 17 heteroatoms. The monoisotopic (exact) mass is 734 g/mol. The highest BCUT2D eigenvalue weighted by Gasteiger charge is 2.71. The molecule has 1 saturated heterocycles.